The number of aryl methyl sites for hydroxylation is 1. The number of fused-ring (bicyclic) bond motifs is 1. The minimum atomic E-state index is -2.52. The van der Waals surface area contributed by atoms with Gasteiger partial charge in [0.2, 0.25) is 11.9 Å². The van der Waals surface area contributed by atoms with E-state index in [2.05, 4.69) is 31.3 Å². The number of nitrogens with one attached hydrogen (secondary N) is 2. The Bertz CT molecular complexity index is 894. The lowest BCUT2D eigenvalue weighted by Gasteiger charge is -2.28. The predicted molar refractivity (Wildman–Crippen MR) is 96.5 cm³/mol. The standard InChI is InChI=1S/C19H21F2N5/c1-12-6-16-14(11-23-17(16)22-8-12)7-13-9-24-18(25-10-13)26-15-2-4-19(20,21)5-3-15/h6,8-11,15H,2-5,7H2,1H3,(H,22,23)(H,24,25,26). The number of nitrogens with zero attached hydrogens (tertiary/aromatic N) is 3. The molecule has 2 N–H and O–H groups in total. The third-order valence-corrected chi connectivity index (χ3v) is 4.90. The number of aromatic nitrogens is 4. The maximum Gasteiger partial charge on any atom is 0.248 e. The Hall–Kier alpha value is -2.57. The molecule has 3 heterocycles. The van der Waals surface area contributed by atoms with Gasteiger partial charge in [-0.15, -0.1) is 0 Å². The summed E-state index contributed by atoms with van der Waals surface area (Å²) >= 11 is 0. The molecule has 0 unspecified atom stereocenters. The molecule has 1 fully saturated rings. The maximum absolute atomic E-state index is 13.2. The maximum atomic E-state index is 13.2. The number of H-pyrrole nitrogens is 1. The molecule has 0 atom stereocenters. The summed E-state index contributed by atoms with van der Waals surface area (Å²) in [6, 6.07) is 2.13. The Morgan fingerprint density at radius 2 is 1.88 bits per heavy atom. The molecule has 4 rings (SSSR count). The van der Waals surface area contributed by atoms with Gasteiger partial charge in [0.25, 0.3) is 0 Å². The lowest BCUT2D eigenvalue weighted by molar-refractivity contribution is -0.0361. The van der Waals surface area contributed by atoms with Crippen molar-refractivity contribution in [3.8, 4) is 0 Å². The molecule has 3 aromatic heterocycles. The molecular formula is C19H21F2N5. The average Bonchev–Trinajstić information content (AvgIpc) is 3.00. The second-order valence-corrected chi connectivity index (χ2v) is 7.09. The van der Waals surface area contributed by atoms with Crippen molar-refractivity contribution in [2.45, 2.75) is 51.0 Å². The van der Waals surface area contributed by atoms with Crippen LogP contribution in [0.5, 0.6) is 0 Å². The highest BCUT2D eigenvalue weighted by Crippen LogP contribution is 2.33. The second kappa shape index (κ2) is 6.63. The summed E-state index contributed by atoms with van der Waals surface area (Å²) in [5, 5.41) is 4.28. The molecule has 26 heavy (non-hydrogen) atoms. The van der Waals surface area contributed by atoms with Crippen molar-refractivity contribution in [1.82, 2.24) is 19.9 Å². The normalized spacial score (nSPS) is 17.5. The molecule has 5 nitrogen and oxygen atoms in total. The number of anilines is 1. The Morgan fingerprint density at radius 1 is 1.15 bits per heavy atom. The molecular weight excluding hydrogens is 336 g/mol. The molecule has 136 valence electrons. The number of halogens is 2. The predicted octanol–water partition coefficient (Wildman–Crippen LogP) is 4.24. The zero-order valence-corrected chi connectivity index (χ0v) is 14.6. The lowest BCUT2D eigenvalue weighted by atomic mass is 9.92. The number of hydrogen-bond donors (Lipinski definition) is 2. The van der Waals surface area contributed by atoms with E-state index in [0.29, 0.717) is 25.2 Å². The summed E-state index contributed by atoms with van der Waals surface area (Å²) in [5.74, 6) is -2.02. The fourth-order valence-corrected chi connectivity index (χ4v) is 3.42. The lowest BCUT2D eigenvalue weighted by Crippen LogP contribution is -2.32. The molecule has 0 aromatic carbocycles. The van der Waals surface area contributed by atoms with E-state index in [-0.39, 0.29) is 18.9 Å². The monoisotopic (exact) mass is 357 g/mol. The van der Waals surface area contributed by atoms with Gasteiger partial charge < -0.3 is 10.3 Å². The van der Waals surface area contributed by atoms with E-state index in [9.17, 15) is 8.78 Å². The number of rotatable bonds is 4. The number of pyridine rings is 1. The SMILES string of the molecule is Cc1cnc2[nH]cc(Cc3cnc(NC4CCC(F)(F)CC4)nc3)c2c1. The summed E-state index contributed by atoms with van der Waals surface area (Å²) < 4.78 is 26.4. The van der Waals surface area contributed by atoms with Crippen LogP contribution in [-0.2, 0) is 6.42 Å². The third kappa shape index (κ3) is 3.66. The second-order valence-electron chi connectivity index (χ2n) is 7.09. The zero-order chi connectivity index (χ0) is 18.1. The summed E-state index contributed by atoms with van der Waals surface area (Å²) in [4.78, 5) is 16.3. The van der Waals surface area contributed by atoms with E-state index in [1.54, 1.807) is 12.4 Å². The van der Waals surface area contributed by atoms with E-state index in [0.717, 1.165) is 27.7 Å². The molecule has 0 spiro atoms. The molecule has 0 radical (unpaired) electrons. The van der Waals surface area contributed by atoms with Gasteiger partial charge in [-0.2, -0.15) is 0 Å². The van der Waals surface area contributed by atoms with Crippen LogP contribution in [0.2, 0.25) is 0 Å². The van der Waals surface area contributed by atoms with Crippen molar-refractivity contribution in [2.24, 2.45) is 0 Å². The van der Waals surface area contributed by atoms with E-state index in [1.165, 1.54) is 0 Å². The highest BCUT2D eigenvalue weighted by Gasteiger charge is 2.35. The largest absolute Gasteiger partial charge is 0.351 e. The van der Waals surface area contributed by atoms with Crippen LogP contribution < -0.4 is 5.32 Å². The van der Waals surface area contributed by atoms with Crippen molar-refractivity contribution in [2.75, 3.05) is 5.32 Å². The van der Waals surface area contributed by atoms with Gasteiger partial charge in [0.1, 0.15) is 5.65 Å². The number of alkyl halides is 2. The Morgan fingerprint density at radius 3 is 2.62 bits per heavy atom. The van der Waals surface area contributed by atoms with E-state index >= 15 is 0 Å². The fourth-order valence-electron chi connectivity index (χ4n) is 3.42. The van der Waals surface area contributed by atoms with Crippen LogP contribution in [0.25, 0.3) is 11.0 Å². The molecule has 7 heteroatoms. The smallest absolute Gasteiger partial charge is 0.248 e. The van der Waals surface area contributed by atoms with Gasteiger partial charge in [-0.25, -0.2) is 23.7 Å². The third-order valence-electron chi connectivity index (χ3n) is 4.90. The summed E-state index contributed by atoms with van der Waals surface area (Å²) in [5.41, 5.74) is 4.13. The summed E-state index contributed by atoms with van der Waals surface area (Å²) in [6.45, 7) is 2.02. The number of aromatic amines is 1. The van der Waals surface area contributed by atoms with Crippen LogP contribution in [0.15, 0.2) is 30.9 Å². The van der Waals surface area contributed by atoms with Gasteiger partial charge in [0.15, 0.2) is 0 Å². The molecule has 1 aliphatic carbocycles. The van der Waals surface area contributed by atoms with Gasteiger partial charge in [-0.1, -0.05) is 0 Å². The van der Waals surface area contributed by atoms with Crippen molar-refractivity contribution in [3.05, 3.63) is 47.5 Å². The van der Waals surface area contributed by atoms with Crippen LogP contribution in [-0.4, -0.2) is 31.9 Å². The summed E-state index contributed by atoms with van der Waals surface area (Å²) in [7, 11) is 0. The Labute approximate surface area is 150 Å². The molecule has 1 saturated carbocycles. The van der Waals surface area contributed by atoms with Crippen LogP contribution in [0.1, 0.15) is 42.4 Å². The van der Waals surface area contributed by atoms with Crippen molar-refractivity contribution in [3.63, 3.8) is 0 Å². The first-order valence-corrected chi connectivity index (χ1v) is 8.86. The minimum Gasteiger partial charge on any atom is -0.351 e. The van der Waals surface area contributed by atoms with Crippen molar-refractivity contribution in [1.29, 1.82) is 0 Å². The van der Waals surface area contributed by atoms with Crippen LogP contribution in [0.3, 0.4) is 0 Å². The van der Waals surface area contributed by atoms with Crippen molar-refractivity contribution < 1.29 is 8.78 Å². The molecule has 3 aromatic rings. The molecule has 0 aliphatic heterocycles. The summed E-state index contributed by atoms with van der Waals surface area (Å²) in [6.07, 6.45) is 8.83. The van der Waals surface area contributed by atoms with Gasteiger partial charge in [-0.3, -0.25) is 0 Å². The van der Waals surface area contributed by atoms with E-state index in [1.807, 2.05) is 19.3 Å². The van der Waals surface area contributed by atoms with Crippen LogP contribution in [0, 0.1) is 6.92 Å². The van der Waals surface area contributed by atoms with Crippen LogP contribution >= 0.6 is 0 Å². The topological polar surface area (TPSA) is 66.5 Å². The first-order valence-electron chi connectivity index (χ1n) is 8.86. The highest BCUT2D eigenvalue weighted by molar-refractivity contribution is 5.80. The first kappa shape index (κ1) is 16.9. The van der Waals surface area contributed by atoms with Crippen LogP contribution in [0.4, 0.5) is 14.7 Å². The van der Waals surface area contributed by atoms with Gasteiger partial charge in [0, 0.05) is 55.5 Å². The molecule has 1 aliphatic rings. The van der Waals surface area contributed by atoms with Gasteiger partial charge in [0.05, 0.1) is 0 Å². The Kier molecular flexibility index (Phi) is 4.30. The Balaban J connectivity index is 1.42. The zero-order valence-electron chi connectivity index (χ0n) is 14.6. The van der Waals surface area contributed by atoms with Crippen molar-refractivity contribution >= 4 is 17.0 Å². The van der Waals surface area contributed by atoms with E-state index < -0.39 is 5.92 Å². The quantitative estimate of drug-likeness (QED) is 0.733. The first-order chi connectivity index (χ1) is 12.5. The molecule has 0 amide bonds. The molecule has 0 bridgehead atoms. The fraction of sp³-hybridized carbons (Fsp3) is 0.421. The van der Waals surface area contributed by atoms with Gasteiger partial charge in [-0.05, 0) is 42.5 Å². The number of hydrogen-bond acceptors (Lipinski definition) is 4. The van der Waals surface area contributed by atoms with E-state index in [4.69, 9.17) is 0 Å². The minimum absolute atomic E-state index is 0.0168. The van der Waals surface area contributed by atoms with Gasteiger partial charge >= 0.3 is 0 Å². The molecule has 0 saturated heterocycles. The highest BCUT2D eigenvalue weighted by atomic mass is 19.3. The average molecular weight is 357 g/mol.